The summed E-state index contributed by atoms with van der Waals surface area (Å²) in [6.45, 7) is 0.271. The predicted molar refractivity (Wildman–Crippen MR) is 94.0 cm³/mol. The molecule has 0 aromatic heterocycles. The third-order valence-corrected chi connectivity index (χ3v) is 5.75. The molecule has 0 saturated carbocycles. The summed E-state index contributed by atoms with van der Waals surface area (Å²) < 4.78 is 27.4. The van der Waals surface area contributed by atoms with Gasteiger partial charge in [-0.25, -0.2) is 13.1 Å². The van der Waals surface area contributed by atoms with Gasteiger partial charge in [-0.05, 0) is 48.5 Å². The molecule has 3 rings (SSSR count). The van der Waals surface area contributed by atoms with Crippen molar-refractivity contribution in [2.75, 3.05) is 11.4 Å². The summed E-state index contributed by atoms with van der Waals surface area (Å²) in [7, 11) is -3.70. The average molecular weight is 385 g/mol. The number of amides is 1. The standard InChI is InChI=1S/C16H14Cl2N2O3S/c17-11-1-5-14(6-2-11)20-10-13(9-16(20)21)19-24(22,23)15-7-3-12(18)4-8-15/h1-8,13,19H,9-10H2. The highest BCUT2D eigenvalue weighted by Gasteiger charge is 2.33. The number of hydrogen-bond donors (Lipinski definition) is 1. The molecule has 1 saturated heterocycles. The Morgan fingerprint density at radius 1 is 0.958 bits per heavy atom. The van der Waals surface area contributed by atoms with Crippen molar-refractivity contribution < 1.29 is 13.2 Å². The molecular formula is C16H14Cl2N2O3S. The van der Waals surface area contributed by atoms with Gasteiger partial charge >= 0.3 is 0 Å². The van der Waals surface area contributed by atoms with Crippen LogP contribution in [-0.2, 0) is 14.8 Å². The Hall–Kier alpha value is -1.60. The molecule has 1 aliphatic rings. The van der Waals surface area contributed by atoms with Crippen molar-refractivity contribution in [3.8, 4) is 0 Å². The average Bonchev–Trinajstić information content (AvgIpc) is 2.88. The molecule has 2 aromatic rings. The molecule has 5 nitrogen and oxygen atoms in total. The summed E-state index contributed by atoms with van der Waals surface area (Å²) in [4.78, 5) is 13.8. The second kappa shape index (κ2) is 6.72. The van der Waals surface area contributed by atoms with Crippen molar-refractivity contribution in [3.05, 3.63) is 58.6 Å². The van der Waals surface area contributed by atoms with Crippen LogP contribution >= 0.6 is 23.2 Å². The van der Waals surface area contributed by atoms with Gasteiger partial charge in [-0.1, -0.05) is 23.2 Å². The number of anilines is 1. The first-order valence-electron chi connectivity index (χ1n) is 7.19. The maximum Gasteiger partial charge on any atom is 0.240 e. The Bertz CT molecular complexity index is 852. The van der Waals surface area contributed by atoms with E-state index < -0.39 is 16.1 Å². The fraction of sp³-hybridized carbons (Fsp3) is 0.188. The summed E-state index contributed by atoms with van der Waals surface area (Å²) in [5, 5.41) is 1.03. The molecule has 24 heavy (non-hydrogen) atoms. The number of benzene rings is 2. The minimum atomic E-state index is -3.70. The van der Waals surface area contributed by atoms with Crippen LogP contribution < -0.4 is 9.62 Å². The number of halogens is 2. The maximum atomic E-state index is 12.4. The SMILES string of the molecule is O=C1CC(NS(=O)(=O)c2ccc(Cl)cc2)CN1c1ccc(Cl)cc1. The molecule has 1 fully saturated rings. The van der Waals surface area contributed by atoms with Gasteiger partial charge in [0, 0.05) is 34.7 Å². The smallest absolute Gasteiger partial charge is 0.240 e. The zero-order valence-electron chi connectivity index (χ0n) is 12.4. The van der Waals surface area contributed by atoms with Gasteiger partial charge in [0.05, 0.1) is 4.90 Å². The lowest BCUT2D eigenvalue weighted by Crippen LogP contribution is -2.37. The van der Waals surface area contributed by atoms with E-state index in [2.05, 4.69) is 4.72 Å². The molecule has 0 radical (unpaired) electrons. The predicted octanol–water partition coefficient (Wildman–Crippen LogP) is 3.08. The molecular weight excluding hydrogens is 371 g/mol. The van der Waals surface area contributed by atoms with E-state index in [9.17, 15) is 13.2 Å². The van der Waals surface area contributed by atoms with E-state index in [1.54, 1.807) is 29.2 Å². The topological polar surface area (TPSA) is 66.5 Å². The minimum absolute atomic E-state index is 0.107. The molecule has 0 spiro atoms. The number of nitrogens with zero attached hydrogens (tertiary/aromatic N) is 1. The molecule has 126 valence electrons. The second-order valence-corrected chi connectivity index (χ2v) is 8.04. The van der Waals surface area contributed by atoms with Crippen LogP contribution in [0, 0.1) is 0 Å². The molecule has 1 aliphatic heterocycles. The van der Waals surface area contributed by atoms with Gasteiger partial charge in [0.15, 0.2) is 0 Å². The van der Waals surface area contributed by atoms with Crippen LogP contribution in [0.3, 0.4) is 0 Å². The van der Waals surface area contributed by atoms with Crippen molar-refractivity contribution in [3.63, 3.8) is 0 Å². The van der Waals surface area contributed by atoms with E-state index >= 15 is 0 Å². The molecule has 1 unspecified atom stereocenters. The Kier molecular flexibility index (Phi) is 4.83. The fourth-order valence-corrected chi connectivity index (χ4v) is 4.04. The highest BCUT2D eigenvalue weighted by atomic mass is 35.5. The van der Waals surface area contributed by atoms with E-state index in [0.717, 1.165) is 0 Å². The van der Waals surface area contributed by atoms with E-state index in [1.165, 1.54) is 24.3 Å². The third-order valence-electron chi connectivity index (χ3n) is 3.71. The zero-order valence-corrected chi connectivity index (χ0v) is 14.8. The third kappa shape index (κ3) is 3.72. The Labute approximate surface area is 150 Å². The monoisotopic (exact) mass is 384 g/mol. The van der Waals surface area contributed by atoms with Crippen LogP contribution in [-0.4, -0.2) is 26.9 Å². The van der Waals surface area contributed by atoms with Crippen molar-refractivity contribution in [2.45, 2.75) is 17.4 Å². The Morgan fingerprint density at radius 2 is 1.50 bits per heavy atom. The van der Waals surface area contributed by atoms with E-state index in [1.807, 2.05) is 0 Å². The van der Waals surface area contributed by atoms with E-state index in [4.69, 9.17) is 23.2 Å². The van der Waals surface area contributed by atoms with Gasteiger partial charge in [-0.2, -0.15) is 0 Å². The lowest BCUT2D eigenvalue weighted by Gasteiger charge is -2.17. The van der Waals surface area contributed by atoms with Crippen LogP contribution in [0.1, 0.15) is 6.42 Å². The largest absolute Gasteiger partial charge is 0.311 e. The number of hydrogen-bond acceptors (Lipinski definition) is 3. The van der Waals surface area contributed by atoms with Gasteiger partial charge in [-0.3, -0.25) is 4.79 Å². The first-order chi connectivity index (χ1) is 11.3. The minimum Gasteiger partial charge on any atom is -0.311 e. The summed E-state index contributed by atoms with van der Waals surface area (Å²) >= 11 is 11.6. The highest BCUT2D eigenvalue weighted by Crippen LogP contribution is 2.24. The quantitative estimate of drug-likeness (QED) is 0.880. The highest BCUT2D eigenvalue weighted by molar-refractivity contribution is 7.89. The van der Waals surface area contributed by atoms with Gasteiger partial charge in [-0.15, -0.1) is 0 Å². The fourth-order valence-electron chi connectivity index (χ4n) is 2.56. The van der Waals surface area contributed by atoms with Crippen LogP contribution in [0.15, 0.2) is 53.4 Å². The molecule has 1 atom stereocenters. The number of carbonyl (C=O) groups excluding carboxylic acids is 1. The van der Waals surface area contributed by atoms with E-state index in [-0.39, 0.29) is 23.8 Å². The van der Waals surface area contributed by atoms with Gasteiger partial charge in [0.2, 0.25) is 15.9 Å². The van der Waals surface area contributed by atoms with Gasteiger partial charge in [0.1, 0.15) is 0 Å². The van der Waals surface area contributed by atoms with Crippen LogP contribution in [0.5, 0.6) is 0 Å². The molecule has 0 bridgehead atoms. The van der Waals surface area contributed by atoms with Crippen molar-refractivity contribution in [1.29, 1.82) is 0 Å². The summed E-state index contributed by atoms with van der Waals surface area (Å²) in [5.41, 5.74) is 0.692. The number of rotatable bonds is 4. The summed E-state index contributed by atoms with van der Waals surface area (Å²) in [6.07, 6.45) is 0.107. The van der Waals surface area contributed by atoms with Crippen molar-refractivity contribution >= 4 is 44.8 Å². The lowest BCUT2D eigenvalue weighted by atomic mass is 10.3. The molecule has 2 aromatic carbocycles. The molecule has 0 aliphatic carbocycles. The number of carbonyl (C=O) groups is 1. The number of sulfonamides is 1. The summed E-state index contributed by atoms with van der Waals surface area (Å²) in [6, 6.07) is 12.2. The van der Waals surface area contributed by atoms with Crippen LogP contribution in [0.2, 0.25) is 10.0 Å². The van der Waals surface area contributed by atoms with Gasteiger partial charge in [0.25, 0.3) is 0 Å². The van der Waals surface area contributed by atoms with Crippen LogP contribution in [0.25, 0.3) is 0 Å². The van der Waals surface area contributed by atoms with Crippen molar-refractivity contribution in [2.24, 2.45) is 0 Å². The summed E-state index contributed by atoms with van der Waals surface area (Å²) in [5.74, 6) is -0.138. The Balaban J connectivity index is 1.74. The Morgan fingerprint density at radius 3 is 2.08 bits per heavy atom. The van der Waals surface area contributed by atoms with Gasteiger partial charge < -0.3 is 4.90 Å². The molecule has 8 heteroatoms. The van der Waals surface area contributed by atoms with E-state index in [0.29, 0.717) is 15.7 Å². The first-order valence-corrected chi connectivity index (χ1v) is 9.43. The van der Waals surface area contributed by atoms with Crippen LogP contribution in [0.4, 0.5) is 5.69 Å². The maximum absolute atomic E-state index is 12.4. The second-order valence-electron chi connectivity index (χ2n) is 5.46. The van der Waals surface area contributed by atoms with Crippen molar-refractivity contribution in [1.82, 2.24) is 4.72 Å². The molecule has 1 N–H and O–H groups in total. The molecule has 1 heterocycles. The number of nitrogens with one attached hydrogen (secondary N) is 1. The first kappa shape index (κ1) is 17.2. The zero-order chi connectivity index (χ0) is 17.3. The normalized spacial score (nSPS) is 18.2. The molecule has 1 amide bonds. The lowest BCUT2D eigenvalue weighted by molar-refractivity contribution is -0.117.